The fourth-order valence-electron chi connectivity index (χ4n) is 1.18. The SMILES string of the molecule is CNC(=O)Cc1noc(/C=C/c2ccco2)n1. The molecule has 0 unspecified atom stereocenters. The van der Waals surface area contributed by atoms with E-state index in [1.807, 2.05) is 0 Å². The summed E-state index contributed by atoms with van der Waals surface area (Å²) in [4.78, 5) is 15.1. The van der Waals surface area contributed by atoms with Crippen LogP contribution in [0.15, 0.2) is 27.3 Å². The highest BCUT2D eigenvalue weighted by molar-refractivity contribution is 5.77. The van der Waals surface area contributed by atoms with Crippen molar-refractivity contribution in [2.75, 3.05) is 7.05 Å². The van der Waals surface area contributed by atoms with Gasteiger partial charge in [-0.05, 0) is 18.2 Å². The van der Waals surface area contributed by atoms with Crippen molar-refractivity contribution in [3.8, 4) is 0 Å². The van der Waals surface area contributed by atoms with Crippen LogP contribution in [0.4, 0.5) is 0 Å². The minimum absolute atomic E-state index is 0.106. The average Bonchev–Trinajstić information content (AvgIpc) is 2.97. The second kappa shape index (κ2) is 5.11. The summed E-state index contributed by atoms with van der Waals surface area (Å²) in [6.45, 7) is 0. The first-order chi connectivity index (χ1) is 8.28. The van der Waals surface area contributed by atoms with Crippen molar-refractivity contribution in [2.24, 2.45) is 0 Å². The summed E-state index contributed by atoms with van der Waals surface area (Å²) >= 11 is 0. The fraction of sp³-hybridized carbons (Fsp3) is 0.182. The maximum absolute atomic E-state index is 11.1. The van der Waals surface area contributed by atoms with Gasteiger partial charge in [0.05, 0.1) is 12.7 Å². The van der Waals surface area contributed by atoms with E-state index in [0.717, 1.165) is 0 Å². The quantitative estimate of drug-likeness (QED) is 0.855. The van der Waals surface area contributed by atoms with Crippen LogP contribution in [-0.4, -0.2) is 23.1 Å². The lowest BCUT2D eigenvalue weighted by Crippen LogP contribution is -2.20. The summed E-state index contributed by atoms with van der Waals surface area (Å²) in [5.74, 6) is 1.21. The van der Waals surface area contributed by atoms with Crippen LogP contribution in [0.5, 0.6) is 0 Å². The molecule has 2 rings (SSSR count). The molecule has 2 aromatic heterocycles. The Morgan fingerprint density at radius 1 is 1.53 bits per heavy atom. The predicted octanol–water partition coefficient (Wildman–Crippen LogP) is 1.12. The van der Waals surface area contributed by atoms with Crippen LogP contribution in [-0.2, 0) is 11.2 Å². The Hall–Kier alpha value is -2.37. The second-order valence-electron chi connectivity index (χ2n) is 3.25. The lowest BCUT2D eigenvalue weighted by molar-refractivity contribution is -0.120. The number of likely N-dealkylation sites (N-methyl/N-ethyl adjacent to an activating group) is 1. The Kier molecular flexibility index (Phi) is 3.34. The van der Waals surface area contributed by atoms with E-state index >= 15 is 0 Å². The predicted molar refractivity (Wildman–Crippen MR) is 59.7 cm³/mol. The number of nitrogens with zero attached hydrogens (tertiary/aromatic N) is 2. The number of hydrogen-bond donors (Lipinski definition) is 1. The van der Waals surface area contributed by atoms with Gasteiger partial charge in [0.25, 0.3) is 5.89 Å². The molecule has 1 amide bonds. The van der Waals surface area contributed by atoms with Gasteiger partial charge >= 0.3 is 0 Å². The molecule has 0 aliphatic rings. The van der Waals surface area contributed by atoms with Crippen molar-refractivity contribution >= 4 is 18.1 Å². The molecule has 17 heavy (non-hydrogen) atoms. The zero-order valence-corrected chi connectivity index (χ0v) is 9.21. The Bertz CT molecular complexity index is 514. The highest BCUT2D eigenvalue weighted by Crippen LogP contribution is 2.07. The lowest BCUT2D eigenvalue weighted by atomic mass is 10.4. The molecule has 0 aromatic carbocycles. The number of hydrogen-bond acceptors (Lipinski definition) is 5. The standard InChI is InChI=1S/C11H11N3O3/c1-12-10(15)7-9-13-11(17-14-9)5-4-8-3-2-6-16-8/h2-6H,7H2,1H3,(H,12,15)/b5-4+. The maximum atomic E-state index is 11.1. The number of nitrogens with one attached hydrogen (secondary N) is 1. The van der Waals surface area contributed by atoms with Crippen LogP contribution in [0, 0.1) is 0 Å². The largest absolute Gasteiger partial charge is 0.465 e. The first-order valence-corrected chi connectivity index (χ1v) is 5.02. The minimum atomic E-state index is -0.160. The number of furan rings is 1. The molecule has 6 heteroatoms. The molecule has 2 heterocycles. The normalized spacial score (nSPS) is 10.9. The topological polar surface area (TPSA) is 81.2 Å². The van der Waals surface area contributed by atoms with Crippen LogP contribution in [0.2, 0.25) is 0 Å². The Balaban J connectivity index is 2.01. The van der Waals surface area contributed by atoms with Gasteiger partial charge in [-0.2, -0.15) is 4.98 Å². The summed E-state index contributed by atoms with van der Waals surface area (Å²) in [6, 6.07) is 3.59. The number of rotatable bonds is 4. The van der Waals surface area contributed by atoms with Crippen molar-refractivity contribution in [3.63, 3.8) is 0 Å². The first-order valence-electron chi connectivity index (χ1n) is 5.02. The Labute approximate surface area is 97.3 Å². The van der Waals surface area contributed by atoms with Crippen molar-refractivity contribution < 1.29 is 13.7 Å². The molecular formula is C11H11N3O3. The zero-order chi connectivity index (χ0) is 12.1. The molecule has 2 aromatic rings. The Morgan fingerprint density at radius 2 is 2.41 bits per heavy atom. The molecular weight excluding hydrogens is 222 g/mol. The van der Waals surface area contributed by atoms with Crippen LogP contribution in [0.3, 0.4) is 0 Å². The van der Waals surface area contributed by atoms with Crippen molar-refractivity contribution in [1.82, 2.24) is 15.5 Å². The molecule has 0 fully saturated rings. The molecule has 0 atom stereocenters. The van der Waals surface area contributed by atoms with Crippen molar-refractivity contribution in [2.45, 2.75) is 6.42 Å². The van der Waals surface area contributed by atoms with E-state index in [1.165, 1.54) is 0 Å². The third kappa shape index (κ3) is 3.04. The summed E-state index contributed by atoms with van der Waals surface area (Å²) in [7, 11) is 1.56. The molecule has 0 saturated carbocycles. The van der Waals surface area contributed by atoms with E-state index in [1.54, 1.807) is 37.6 Å². The van der Waals surface area contributed by atoms with Crippen LogP contribution < -0.4 is 5.32 Å². The second-order valence-corrected chi connectivity index (χ2v) is 3.25. The summed E-state index contributed by atoms with van der Waals surface area (Å²) in [5.41, 5.74) is 0. The fourth-order valence-corrected chi connectivity index (χ4v) is 1.18. The maximum Gasteiger partial charge on any atom is 0.250 e. The van der Waals surface area contributed by atoms with E-state index < -0.39 is 0 Å². The summed E-state index contributed by atoms with van der Waals surface area (Å²) in [5, 5.41) is 6.16. The van der Waals surface area contributed by atoms with E-state index in [9.17, 15) is 4.79 Å². The minimum Gasteiger partial charge on any atom is -0.465 e. The van der Waals surface area contributed by atoms with Crippen LogP contribution >= 0.6 is 0 Å². The number of amides is 1. The van der Waals surface area contributed by atoms with E-state index in [-0.39, 0.29) is 12.3 Å². The monoisotopic (exact) mass is 233 g/mol. The molecule has 88 valence electrons. The number of aromatic nitrogens is 2. The highest BCUT2D eigenvalue weighted by atomic mass is 16.5. The molecule has 1 N–H and O–H groups in total. The average molecular weight is 233 g/mol. The Morgan fingerprint density at radius 3 is 3.12 bits per heavy atom. The molecule has 0 aliphatic heterocycles. The van der Waals surface area contributed by atoms with Crippen LogP contribution in [0.1, 0.15) is 17.5 Å². The van der Waals surface area contributed by atoms with Crippen molar-refractivity contribution in [1.29, 1.82) is 0 Å². The molecule has 0 saturated heterocycles. The van der Waals surface area contributed by atoms with E-state index in [4.69, 9.17) is 8.94 Å². The molecule has 0 bridgehead atoms. The number of carbonyl (C=O) groups is 1. The van der Waals surface area contributed by atoms with Gasteiger partial charge in [-0.1, -0.05) is 5.16 Å². The molecule has 0 spiro atoms. The smallest absolute Gasteiger partial charge is 0.250 e. The highest BCUT2D eigenvalue weighted by Gasteiger charge is 2.07. The van der Waals surface area contributed by atoms with Gasteiger partial charge in [0, 0.05) is 13.1 Å². The van der Waals surface area contributed by atoms with Crippen molar-refractivity contribution in [3.05, 3.63) is 35.9 Å². The summed E-state index contributed by atoms with van der Waals surface area (Å²) < 4.78 is 10.0. The molecule has 0 radical (unpaired) electrons. The first kappa shape index (κ1) is 11.1. The number of carbonyl (C=O) groups excluding carboxylic acids is 1. The van der Waals surface area contributed by atoms with Gasteiger partial charge in [-0.3, -0.25) is 4.79 Å². The van der Waals surface area contributed by atoms with Gasteiger partial charge in [0.2, 0.25) is 5.91 Å². The molecule has 0 aliphatic carbocycles. The van der Waals surface area contributed by atoms with Gasteiger partial charge < -0.3 is 14.3 Å². The zero-order valence-electron chi connectivity index (χ0n) is 9.21. The van der Waals surface area contributed by atoms with E-state index in [0.29, 0.717) is 17.5 Å². The van der Waals surface area contributed by atoms with Gasteiger partial charge in [-0.25, -0.2) is 0 Å². The summed E-state index contributed by atoms with van der Waals surface area (Å²) in [6.07, 6.45) is 5.01. The van der Waals surface area contributed by atoms with E-state index in [2.05, 4.69) is 15.5 Å². The van der Waals surface area contributed by atoms with Crippen LogP contribution in [0.25, 0.3) is 12.2 Å². The molecule has 6 nitrogen and oxygen atoms in total. The van der Waals surface area contributed by atoms with Gasteiger partial charge in [0.1, 0.15) is 5.76 Å². The van der Waals surface area contributed by atoms with Gasteiger partial charge in [-0.15, -0.1) is 0 Å². The van der Waals surface area contributed by atoms with Gasteiger partial charge in [0.15, 0.2) is 5.82 Å². The lowest BCUT2D eigenvalue weighted by Gasteiger charge is -1.91. The third-order valence-electron chi connectivity index (χ3n) is 2.01. The third-order valence-corrected chi connectivity index (χ3v) is 2.01.